The van der Waals surface area contributed by atoms with Crippen LogP contribution >= 0.6 is 0 Å². The number of halogens is 1. The Hall–Kier alpha value is -1.31. The van der Waals surface area contributed by atoms with Gasteiger partial charge in [-0.15, -0.1) is 0 Å². The lowest BCUT2D eigenvalue weighted by Gasteiger charge is -2.13. The minimum Gasteiger partial charge on any atom is -0.465 e. The summed E-state index contributed by atoms with van der Waals surface area (Å²) in [5.41, 5.74) is 1.37. The van der Waals surface area contributed by atoms with Crippen LogP contribution in [0.3, 0.4) is 0 Å². The van der Waals surface area contributed by atoms with Crippen LogP contribution in [0.4, 0.5) is 4.39 Å². The maximum atomic E-state index is 12.6. The molecule has 0 heterocycles. The number of hydrogen-bond donors (Lipinski definition) is 0. The first kappa shape index (κ1) is 10.2. The van der Waals surface area contributed by atoms with Gasteiger partial charge in [-0.3, -0.25) is 0 Å². The molecule has 1 aliphatic rings. The molecule has 0 aliphatic heterocycles. The Bertz CT molecular complexity index is 332. The molecule has 0 radical (unpaired) electrons. The van der Waals surface area contributed by atoms with E-state index in [-0.39, 0.29) is 5.82 Å². The molecule has 0 unspecified atom stereocenters. The van der Waals surface area contributed by atoms with Gasteiger partial charge in [0.2, 0.25) is 0 Å². The summed E-state index contributed by atoms with van der Waals surface area (Å²) in [6.07, 6.45) is 7.96. The van der Waals surface area contributed by atoms with E-state index in [1.54, 1.807) is 12.1 Å². The largest absolute Gasteiger partial charge is 0.465 e. The molecule has 0 atom stereocenters. The van der Waals surface area contributed by atoms with Crippen molar-refractivity contribution in [3.8, 4) is 5.75 Å². The Kier molecular flexibility index (Phi) is 3.38. The maximum absolute atomic E-state index is 12.6. The maximum Gasteiger partial charge on any atom is 0.126 e. The van der Waals surface area contributed by atoms with Crippen molar-refractivity contribution in [1.29, 1.82) is 0 Å². The van der Waals surface area contributed by atoms with Crippen molar-refractivity contribution in [2.45, 2.75) is 32.1 Å². The van der Waals surface area contributed by atoms with Crippen LogP contribution in [0, 0.1) is 5.82 Å². The Morgan fingerprint density at radius 1 is 1.00 bits per heavy atom. The van der Waals surface area contributed by atoms with E-state index in [0.29, 0.717) is 5.75 Å². The minimum atomic E-state index is -0.229. The third kappa shape index (κ3) is 3.08. The van der Waals surface area contributed by atoms with E-state index in [4.69, 9.17) is 4.74 Å². The summed E-state index contributed by atoms with van der Waals surface area (Å²) in [6.45, 7) is 0. The third-order valence-electron chi connectivity index (χ3n) is 2.67. The summed E-state index contributed by atoms with van der Waals surface area (Å²) in [5, 5.41) is 0. The second-order valence-corrected chi connectivity index (χ2v) is 3.91. The summed E-state index contributed by atoms with van der Waals surface area (Å²) in [4.78, 5) is 0. The normalized spacial score (nSPS) is 16.2. The molecule has 1 nitrogen and oxygen atoms in total. The smallest absolute Gasteiger partial charge is 0.126 e. The first-order chi connectivity index (χ1) is 7.34. The van der Waals surface area contributed by atoms with Crippen LogP contribution in [0.15, 0.2) is 36.1 Å². The average Bonchev–Trinajstić information content (AvgIpc) is 2.30. The highest BCUT2D eigenvalue weighted by Crippen LogP contribution is 2.23. The van der Waals surface area contributed by atoms with E-state index < -0.39 is 0 Å². The highest BCUT2D eigenvalue weighted by Gasteiger charge is 2.05. The van der Waals surface area contributed by atoms with Gasteiger partial charge in [0, 0.05) is 0 Å². The van der Waals surface area contributed by atoms with E-state index in [9.17, 15) is 4.39 Å². The van der Waals surface area contributed by atoms with Gasteiger partial charge >= 0.3 is 0 Å². The number of hydrogen-bond acceptors (Lipinski definition) is 1. The molecule has 2 rings (SSSR count). The molecular formula is C13H15FO. The summed E-state index contributed by atoms with van der Waals surface area (Å²) in [5.74, 6) is 0.474. The first-order valence-electron chi connectivity index (χ1n) is 5.45. The lowest BCUT2D eigenvalue weighted by Crippen LogP contribution is -1.95. The molecule has 0 amide bonds. The fourth-order valence-electron chi connectivity index (χ4n) is 1.79. The molecule has 0 bridgehead atoms. The number of allylic oxidation sites excluding steroid dienone is 1. The Morgan fingerprint density at radius 3 is 2.33 bits per heavy atom. The molecule has 1 fully saturated rings. The van der Waals surface area contributed by atoms with Gasteiger partial charge in [0.05, 0.1) is 6.26 Å². The predicted molar refractivity (Wildman–Crippen MR) is 58.2 cm³/mol. The van der Waals surface area contributed by atoms with E-state index in [0.717, 1.165) is 12.8 Å². The summed E-state index contributed by atoms with van der Waals surface area (Å²) < 4.78 is 18.1. The molecule has 0 N–H and O–H groups in total. The van der Waals surface area contributed by atoms with Crippen molar-refractivity contribution in [1.82, 2.24) is 0 Å². The lowest BCUT2D eigenvalue weighted by atomic mass is 9.96. The van der Waals surface area contributed by atoms with Crippen LogP contribution in [0.5, 0.6) is 5.75 Å². The monoisotopic (exact) mass is 206 g/mol. The molecule has 0 saturated heterocycles. The molecule has 80 valence electrons. The quantitative estimate of drug-likeness (QED) is 0.663. The molecule has 1 saturated carbocycles. The molecule has 15 heavy (non-hydrogen) atoms. The van der Waals surface area contributed by atoms with E-state index >= 15 is 0 Å². The molecular weight excluding hydrogens is 191 g/mol. The standard InChI is InChI=1S/C13H15FO/c14-12-6-8-13(9-7-12)15-10-11-4-2-1-3-5-11/h6-10H,1-5H2. The third-order valence-corrected chi connectivity index (χ3v) is 2.67. The first-order valence-corrected chi connectivity index (χ1v) is 5.45. The molecule has 1 aromatic carbocycles. The zero-order chi connectivity index (χ0) is 10.5. The van der Waals surface area contributed by atoms with E-state index in [1.165, 1.54) is 37.0 Å². The minimum absolute atomic E-state index is 0.229. The van der Waals surface area contributed by atoms with Crippen LogP contribution in [-0.2, 0) is 0 Å². The Balaban J connectivity index is 1.94. The zero-order valence-electron chi connectivity index (χ0n) is 8.71. The van der Waals surface area contributed by atoms with Crippen LogP contribution < -0.4 is 4.74 Å². The fraction of sp³-hybridized carbons (Fsp3) is 0.385. The zero-order valence-corrected chi connectivity index (χ0v) is 8.71. The second kappa shape index (κ2) is 4.96. The molecule has 1 aromatic rings. The highest BCUT2D eigenvalue weighted by molar-refractivity contribution is 5.23. The molecule has 2 heteroatoms. The van der Waals surface area contributed by atoms with Gasteiger partial charge in [-0.2, -0.15) is 0 Å². The number of ether oxygens (including phenoxy) is 1. The van der Waals surface area contributed by atoms with Gasteiger partial charge in [0.1, 0.15) is 11.6 Å². The summed E-state index contributed by atoms with van der Waals surface area (Å²) >= 11 is 0. The molecule has 0 spiro atoms. The van der Waals surface area contributed by atoms with Crippen molar-refractivity contribution in [2.75, 3.05) is 0 Å². The van der Waals surface area contributed by atoms with Crippen LogP contribution in [0.1, 0.15) is 32.1 Å². The average molecular weight is 206 g/mol. The highest BCUT2D eigenvalue weighted by atomic mass is 19.1. The van der Waals surface area contributed by atoms with E-state index in [1.807, 2.05) is 6.26 Å². The van der Waals surface area contributed by atoms with Gasteiger partial charge in [0.25, 0.3) is 0 Å². The number of benzene rings is 1. The predicted octanol–water partition coefficient (Wildman–Crippen LogP) is 4.05. The lowest BCUT2D eigenvalue weighted by molar-refractivity contribution is 0.458. The molecule has 0 aromatic heterocycles. The van der Waals surface area contributed by atoms with Crippen LogP contribution in [0.2, 0.25) is 0 Å². The SMILES string of the molecule is Fc1ccc(OC=C2CCCCC2)cc1. The van der Waals surface area contributed by atoms with Gasteiger partial charge < -0.3 is 4.74 Å². The summed E-state index contributed by atoms with van der Waals surface area (Å²) in [6, 6.07) is 6.12. The Labute approximate surface area is 89.6 Å². The number of rotatable bonds is 2. The fourth-order valence-corrected chi connectivity index (χ4v) is 1.79. The van der Waals surface area contributed by atoms with Gasteiger partial charge in [-0.25, -0.2) is 4.39 Å². The van der Waals surface area contributed by atoms with Gasteiger partial charge in [-0.05, 0) is 55.5 Å². The van der Waals surface area contributed by atoms with Crippen LogP contribution in [0.25, 0.3) is 0 Å². The summed E-state index contributed by atoms with van der Waals surface area (Å²) in [7, 11) is 0. The molecule has 1 aliphatic carbocycles. The van der Waals surface area contributed by atoms with Crippen molar-refractivity contribution in [3.63, 3.8) is 0 Å². The van der Waals surface area contributed by atoms with Crippen molar-refractivity contribution < 1.29 is 9.13 Å². The van der Waals surface area contributed by atoms with Gasteiger partial charge in [-0.1, -0.05) is 6.42 Å². The van der Waals surface area contributed by atoms with Crippen LogP contribution in [-0.4, -0.2) is 0 Å². The van der Waals surface area contributed by atoms with Crippen molar-refractivity contribution in [3.05, 3.63) is 41.9 Å². The topological polar surface area (TPSA) is 9.23 Å². The van der Waals surface area contributed by atoms with Gasteiger partial charge in [0.15, 0.2) is 0 Å². The van der Waals surface area contributed by atoms with Crippen molar-refractivity contribution >= 4 is 0 Å². The van der Waals surface area contributed by atoms with E-state index in [2.05, 4.69) is 0 Å². The van der Waals surface area contributed by atoms with Crippen molar-refractivity contribution in [2.24, 2.45) is 0 Å². The Morgan fingerprint density at radius 2 is 1.67 bits per heavy atom. The second-order valence-electron chi connectivity index (χ2n) is 3.91.